The Balaban J connectivity index is 1.58. The molecule has 4 heteroatoms. The van der Waals surface area contributed by atoms with Gasteiger partial charge in [0.25, 0.3) is 0 Å². The van der Waals surface area contributed by atoms with Crippen molar-refractivity contribution in [1.29, 1.82) is 0 Å². The van der Waals surface area contributed by atoms with Crippen molar-refractivity contribution in [2.45, 2.75) is 25.3 Å². The van der Waals surface area contributed by atoms with Gasteiger partial charge in [-0.25, -0.2) is 0 Å². The molecule has 2 N–H and O–H groups in total. The molecule has 2 aliphatic heterocycles. The fourth-order valence-electron chi connectivity index (χ4n) is 2.77. The number of morpholine rings is 1. The van der Waals surface area contributed by atoms with Crippen LogP contribution >= 0.6 is 0 Å². The van der Waals surface area contributed by atoms with Gasteiger partial charge in [0.15, 0.2) is 0 Å². The predicted molar refractivity (Wildman–Crippen MR) is 65.5 cm³/mol. The average molecular weight is 227 g/mol. The van der Waals surface area contributed by atoms with Gasteiger partial charge in [-0.2, -0.15) is 0 Å². The van der Waals surface area contributed by atoms with Crippen LogP contribution in [0.5, 0.6) is 0 Å². The zero-order valence-electron chi connectivity index (χ0n) is 10.5. The number of likely N-dealkylation sites (tertiary alicyclic amines) is 1. The topological polar surface area (TPSA) is 41.7 Å². The molecule has 2 heterocycles. The Morgan fingerprint density at radius 3 is 2.38 bits per heavy atom. The molecule has 2 saturated heterocycles. The number of hydrogen-bond acceptors (Lipinski definition) is 4. The molecule has 0 aliphatic carbocycles. The summed E-state index contributed by atoms with van der Waals surface area (Å²) in [5.74, 6) is 0. The summed E-state index contributed by atoms with van der Waals surface area (Å²) in [6.07, 6.45) is 2.37. The van der Waals surface area contributed by atoms with Crippen LogP contribution in [-0.4, -0.2) is 67.8 Å². The third-order valence-electron chi connectivity index (χ3n) is 3.66. The highest BCUT2D eigenvalue weighted by Gasteiger charge is 2.37. The molecule has 0 radical (unpaired) electrons. The van der Waals surface area contributed by atoms with Crippen molar-refractivity contribution in [3.63, 3.8) is 0 Å². The van der Waals surface area contributed by atoms with E-state index in [0.29, 0.717) is 0 Å². The number of ether oxygens (including phenoxy) is 1. The molecule has 0 aromatic carbocycles. The second kappa shape index (κ2) is 5.45. The molecule has 0 saturated carbocycles. The smallest absolute Gasteiger partial charge is 0.0594 e. The van der Waals surface area contributed by atoms with Gasteiger partial charge in [-0.05, 0) is 6.42 Å². The molecule has 0 atom stereocenters. The van der Waals surface area contributed by atoms with Gasteiger partial charge in [-0.15, -0.1) is 0 Å². The van der Waals surface area contributed by atoms with Crippen molar-refractivity contribution in [3.05, 3.63) is 0 Å². The van der Waals surface area contributed by atoms with Crippen molar-refractivity contribution in [2.75, 3.05) is 52.5 Å². The van der Waals surface area contributed by atoms with E-state index in [0.717, 1.165) is 39.4 Å². The van der Waals surface area contributed by atoms with Crippen LogP contribution < -0.4 is 5.73 Å². The zero-order chi connectivity index (χ0) is 11.4. The highest BCUT2D eigenvalue weighted by molar-refractivity contribution is 4.99. The summed E-state index contributed by atoms with van der Waals surface area (Å²) in [6, 6.07) is 0. The molecule has 2 fully saturated rings. The van der Waals surface area contributed by atoms with E-state index in [1.54, 1.807) is 0 Å². The Hall–Kier alpha value is -0.160. The van der Waals surface area contributed by atoms with Gasteiger partial charge in [-0.3, -0.25) is 9.80 Å². The van der Waals surface area contributed by atoms with Crippen LogP contribution in [0.4, 0.5) is 0 Å². The minimum Gasteiger partial charge on any atom is -0.379 e. The van der Waals surface area contributed by atoms with Crippen LogP contribution in [0, 0.1) is 0 Å². The lowest BCUT2D eigenvalue weighted by Crippen LogP contribution is -2.67. The van der Waals surface area contributed by atoms with Gasteiger partial charge < -0.3 is 10.5 Å². The third-order valence-corrected chi connectivity index (χ3v) is 3.66. The predicted octanol–water partition coefficient (Wildman–Crippen LogP) is 0.132. The summed E-state index contributed by atoms with van der Waals surface area (Å²) in [4.78, 5) is 4.96. The lowest BCUT2D eigenvalue weighted by atomic mass is 9.86. The van der Waals surface area contributed by atoms with E-state index < -0.39 is 0 Å². The summed E-state index contributed by atoms with van der Waals surface area (Å²) in [6.45, 7) is 10.7. The van der Waals surface area contributed by atoms with Crippen LogP contribution in [0.2, 0.25) is 0 Å². The quantitative estimate of drug-likeness (QED) is 0.725. The van der Waals surface area contributed by atoms with Crippen LogP contribution in [0.3, 0.4) is 0 Å². The van der Waals surface area contributed by atoms with Crippen LogP contribution in [0.25, 0.3) is 0 Å². The van der Waals surface area contributed by atoms with Gasteiger partial charge in [-0.1, -0.05) is 13.3 Å². The first-order chi connectivity index (χ1) is 7.72. The maximum Gasteiger partial charge on any atom is 0.0594 e. The molecule has 4 nitrogen and oxygen atoms in total. The Kier molecular flexibility index (Phi) is 4.19. The van der Waals surface area contributed by atoms with E-state index >= 15 is 0 Å². The molecule has 0 spiro atoms. The first-order valence-corrected chi connectivity index (χ1v) is 6.53. The Morgan fingerprint density at radius 1 is 1.12 bits per heavy atom. The Labute approximate surface area is 98.7 Å². The lowest BCUT2D eigenvalue weighted by molar-refractivity contribution is 0.0154. The van der Waals surface area contributed by atoms with Gasteiger partial charge in [0.1, 0.15) is 0 Å². The van der Waals surface area contributed by atoms with Crippen LogP contribution in [-0.2, 0) is 4.74 Å². The fourth-order valence-corrected chi connectivity index (χ4v) is 2.77. The Bertz CT molecular complexity index is 210. The maximum absolute atomic E-state index is 6.24. The first kappa shape index (κ1) is 12.3. The number of rotatable bonds is 5. The monoisotopic (exact) mass is 227 g/mol. The molecule has 0 bridgehead atoms. The SMILES string of the molecule is CCCC1(N)CN(CCN2CCOCC2)C1. The molecule has 0 amide bonds. The molecular weight excluding hydrogens is 202 g/mol. The molecule has 0 aromatic heterocycles. The third kappa shape index (κ3) is 3.17. The normalized spacial score (nSPS) is 26.6. The van der Waals surface area contributed by atoms with Crippen molar-refractivity contribution in [1.82, 2.24) is 9.80 Å². The molecule has 94 valence electrons. The largest absolute Gasteiger partial charge is 0.379 e. The van der Waals surface area contributed by atoms with Crippen molar-refractivity contribution >= 4 is 0 Å². The van der Waals surface area contributed by atoms with Gasteiger partial charge >= 0.3 is 0 Å². The highest BCUT2D eigenvalue weighted by Crippen LogP contribution is 2.22. The van der Waals surface area contributed by atoms with E-state index in [2.05, 4.69) is 16.7 Å². The van der Waals surface area contributed by atoms with E-state index in [1.165, 1.54) is 25.9 Å². The fraction of sp³-hybridized carbons (Fsp3) is 1.00. The van der Waals surface area contributed by atoms with E-state index in [-0.39, 0.29) is 5.54 Å². The summed E-state index contributed by atoms with van der Waals surface area (Å²) in [5.41, 5.74) is 6.36. The molecule has 0 aromatic rings. The van der Waals surface area contributed by atoms with Gasteiger partial charge in [0.05, 0.1) is 13.2 Å². The van der Waals surface area contributed by atoms with E-state index in [9.17, 15) is 0 Å². The second-order valence-corrected chi connectivity index (χ2v) is 5.28. The van der Waals surface area contributed by atoms with Gasteiger partial charge in [0.2, 0.25) is 0 Å². The van der Waals surface area contributed by atoms with Crippen LogP contribution in [0.1, 0.15) is 19.8 Å². The average Bonchev–Trinajstić information content (AvgIpc) is 2.25. The first-order valence-electron chi connectivity index (χ1n) is 6.53. The van der Waals surface area contributed by atoms with Crippen LogP contribution in [0.15, 0.2) is 0 Å². The van der Waals surface area contributed by atoms with Crippen molar-refractivity contribution in [3.8, 4) is 0 Å². The number of nitrogens with two attached hydrogens (primary N) is 1. The second-order valence-electron chi connectivity index (χ2n) is 5.28. The minimum atomic E-state index is 0.125. The number of nitrogens with zero attached hydrogens (tertiary/aromatic N) is 2. The van der Waals surface area contributed by atoms with Crippen molar-refractivity contribution in [2.24, 2.45) is 5.73 Å². The molecule has 0 unspecified atom stereocenters. The molecule has 2 aliphatic rings. The van der Waals surface area contributed by atoms with E-state index in [4.69, 9.17) is 10.5 Å². The molecular formula is C12H25N3O. The summed E-state index contributed by atoms with van der Waals surface area (Å²) in [5, 5.41) is 0. The Morgan fingerprint density at radius 2 is 1.75 bits per heavy atom. The molecule has 16 heavy (non-hydrogen) atoms. The standard InChI is InChI=1S/C12H25N3O/c1-2-3-12(13)10-15(11-12)5-4-14-6-8-16-9-7-14/h2-11,13H2,1H3. The molecule has 2 rings (SSSR count). The summed E-state index contributed by atoms with van der Waals surface area (Å²) < 4.78 is 5.34. The summed E-state index contributed by atoms with van der Waals surface area (Å²) >= 11 is 0. The number of hydrogen-bond donors (Lipinski definition) is 1. The zero-order valence-corrected chi connectivity index (χ0v) is 10.5. The van der Waals surface area contributed by atoms with E-state index in [1.807, 2.05) is 0 Å². The highest BCUT2D eigenvalue weighted by atomic mass is 16.5. The lowest BCUT2D eigenvalue weighted by Gasteiger charge is -2.48. The minimum absolute atomic E-state index is 0.125. The van der Waals surface area contributed by atoms with Gasteiger partial charge in [0, 0.05) is 44.8 Å². The summed E-state index contributed by atoms with van der Waals surface area (Å²) in [7, 11) is 0. The van der Waals surface area contributed by atoms with Crippen molar-refractivity contribution < 1.29 is 4.74 Å². The maximum atomic E-state index is 6.24.